The maximum absolute atomic E-state index is 3.79. The van der Waals surface area contributed by atoms with Crippen LogP contribution < -0.4 is 5.32 Å². The Balaban J connectivity index is 1.65. The van der Waals surface area contributed by atoms with Crippen LogP contribution >= 0.6 is 0 Å². The van der Waals surface area contributed by atoms with Crippen LogP contribution in [0.3, 0.4) is 0 Å². The Hall–Kier alpha value is -0.820. The van der Waals surface area contributed by atoms with Gasteiger partial charge >= 0.3 is 0 Å². The smallest absolute Gasteiger partial charge is 0.0141 e. The van der Waals surface area contributed by atoms with Crippen molar-refractivity contribution in [3.63, 3.8) is 0 Å². The van der Waals surface area contributed by atoms with Crippen LogP contribution in [0.15, 0.2) is 24.3 Å². The van der Waals surface area contributed by atoms with Crippen molar-refractivity contribution in [2.45, 2.75) is 64.8 Å². The molecule has 1 nitrogen and oxygen atoms in total. The summed E-state index contributed by atoms with van der Waals surface area (Å²) < 4.78 is 0. The van der Waals surface area contributed by atoms with E-state index in [-0.39, 0.29) is 0 Å². The molecule has 0 radical (unpaired) electrons. The molecule has 1 N–H and O–H groups in total. The molecular formula is C20H31N. The zero-order valence-corrected chi connectivity index (χ0v) is 13.9. The van der Waals surface area contributed by atoms with Gasteiger partial charge in [0.25, 0.3) is 0 Å². The fourth-order valence-electron chi connectivity index (χ4n) is 4.54. The van der Waals surface area contributed by atoms with E-state index >= 15 is 0 Å². The summed E-state index contributed by atoms with van der Waals surface area (Å²) in [5.74, 6) is 3.67. The fraction of sp³-hybridized carbons (Fsp3) is 0.700. The van der Waals surface area contributed by atoms with Gasteiger partial charge in [-0.25, -0.2) is 0 Å². The van der Waals surface area contributed by atoms with E-state index in [0.29, 0.717) is 12.0 Å². The van der Waals surface area contributed by atoms with Crippen LogP contribution in [-0.2, 0) is 6.42 Å². The van der Waals surface area contributed by atoms with E-state index in [9.17, 15) is 0 Å². The fourth-order valence-corrected chi connectivity index (χ4v) is 4.54. The van der Waals surface area contributed by atoms with Crippen molar-refractivity contribution in [2.75, 3.05) is 6.54 Å². The first-order chi connectivity index (χ1) is 10.2. The van der Waals surface area contributed by atoms with Gasteiger partial charge in [0, 0.05) is 6.04 Å². The molecule has 3 rings (SSSR count). The Labute approximate surface area is 130 Å². The molecule has 1 aromatic rings. The summed E-state index contributed by atoms with van der Waals surface area (Å²) >= 11 is 0. The Bertz CT molecular complexity index is 435. The molecule has 0 saturated heterocycles. The van der Waals surface area contributed by atoms with Crippen molar-refractivity contribution < 1.29 is 0 Å². The van der Waals surface area contributed by atoms with Crippen molar-refractivity contribution in [1.29, 1.82) is 0 Å². The Morgan fingerprint density at radius 2 is 1.67 bits per heavy atom. The monoisotopic (exact) mass is 285 g/mol. The average Bonchev–Trinajstić information content (AvgIpc) is 3.21. The number of rotatable bonds is 6. The lowest BCUT2D eigenvalue weighted by Crippen LogP contribution is -2.34. The summed E-state index contributed by atoms with van der Waals surface area (Å²) in [7, 11) is 0. The molecule has 21 heavy (non-hydrogen) atoms. The lowest BCUT2D eigenvalue weighted by Gasteiger charge is -2.19. The molecule has 2 saturated carbocycles. The summed E-state index contributed by atoms with van der Waals surface area (Å²) in [6.45, 7) is 7.89. The van der Waals surface area contributed by atoms with E-state index in [4.69, 9.17) is 0 Å². The Morgan fingerprint density at radius 3 is 2.19 bits per heavy atom. The third kappa shape index (κ3) is 3.34. The third-order valence-corrected chi connectivity index (χ3v) is 5.76. The van der Waals surface area contributed by atoms with E-state index in [2.05, 4.69) is 50.4 Å². The first kappa shape index (κ1) is 15.1. The summed E-state index contributed by atoms with van der Waals surface area (Å²) in [5.41, 5.74) is 2.97. The average molecular weight is 285 g/mol. The number of hydrogen-bond donors (Lipinski definition) is 1. The largest absolute Gasteiger partial charge is 0.314 e. The molecule has 0 aromatic heterocycles. The normalized spacial score (nSPS) is 29.2. The van der Waals surface area contributed by atoms with E-state index in [1.807, 2.05) is 0 Å². The van der Waals surface area contributed by atoms with E-state index in [1.165, 1.54) is 43.2 Å². The van der Waals surface area contributed by atoms with E-state index in [0.717, 1.165) is 24.3 Å². The zero-order chi connectivity index (χ0) is 14.8. The molecule has 2 aliphatic rings. The van der Waals surface area contributed by atoms with Crippen LogP contribution in [0.4, 0.5) is 0 Å². The molecule has 116 valence electrons. The summed E-state index contributed by atoms with van der Waals surface area (Å²) in [4.78, 5) is 0. The number of nitrogens with one attached hydrogen (secondary N) is 1. The molecule has 1 heteroatoms. The van der Waals surface area contributed by atoms with Gasteiger partial charge in [-0.15, -0.1) is 0 Å². The van der Waals surface area contributed by atoms with Gasteiger partial charge in [0.05, 0.1) is 0 Å². The number of benzene rings is 1. The predicted octanol–water partition coefficient (Wildman–Crippen LogP) is 4.77. The molecular weight excluding hydrogens is 254 g/mol. The van der Waals surface area contributed by atoms with Crippen LogP contribution in [0.25, 0.3) is 0 Å². The van der Waals surface area contributed by atoms with Crippen LogP contribution in [-0.4, -0.2) is 12.6 Å². The summed E-state index contributed by atoms with van der Waals surface area (Å²) in [5, 5.41) is 3.79. The SMILES string of the molecule is CCNC(Cc1ccc(C(C)C)cc1)C1C2CCCCC21. The third-order valence-electron chi connectivity index (χ3n) is 5.76. The van der Waals surface area contributed by atoms with Crippen molar-refractivity contribution in [3.05, 3.63) is 35.4 Å². The van der Waals surface area contributed by atoms with Crippen molar-refractivity contribution in [1.82, 2.24) is 5.32 Å². The first-order valence-corrected chi connectivity index (χ1v) is 9.03. The van der Waals surface area contributed by atoms with Gasteiger partial charge in [-0.05, 0) is 60.6 Å². The number of likely N-dealkylation sites (N-methyl/N-ethyl adjacent to an activating group) is 1. The maximum Gasteiger partial charge on any atom is 0.0141 e. The second kappa shape index (κ2) is 6.52. The van der Waals surface area contributed by atoms with Crippen LogP contribution in [0, 0.1) is 17.8 Å². The van der Waals surface area contributed by atoms with E-state index in [1.54, 1.807) is 0 Å². The molecule has 3 atom stereocenters. The topological polar surface area (TPSA) is 12.0 Å². The molecule has 0 aliphatic heterocycles. The highest BCUT2D eigenvalue weighted by Crippen LogP contribution is 2.57. The van der Waals surface area contributed by atoms with Gasteiger partial charge in [-0.3, -0.25) is 0 Å². The van der Waals surface area contributed by atoms with Gasteiger partial charge in [0.1, 0.15) is 0 Å². The summed E-state index contributed by atoms with van der Waals surface area (Å²) in [6.07, 6.45) is 7.14. The highest BCUT2D eigenvalue weighted by Gasteiger charge is 2.53. The van der Waals surface area contributed by atoms with Gasteiger partial charge < -0.3 is 5.32 Å². The van der Waals surface area contributed by atoms with Gasteiger partial charge in [-0.1, -0.05) is 57.9 Å². The minimum atomic E-state index is 0.634. The molecule has 0 spiro atoms. The van der Waals surface area contributed by atoms with Gasteiger partial charge in [0.2, 0.25) is 0 Å². The van der Waals surface area contributed by atoms with Crippen molar-refractivity contribution >= 4 is 0 Å². The number of hydrogen-bond acceptors (Lipinski definition) is 1. The molecule has 2 fully saturated rings. The molecule has 1 aromatic carbocycles. The predicted molar refractivity (Wildman–Crippen MR) is 90.6 cm³/mol. The van der Waals surface area contributed by atoms with E-state index < -0.39 is 0 Å². The highest BCUT2D eigenvalue weighted by molar-refractivity contribution is 5.26. The minimum Gasteiger partial charge on any atom is -0.314 e. The molecule has 2 aliphatic carbocycles. The molecule has 0 heterocycles. The summed E-state index contributed by atoms with van der Waals surface area (Å²) in [6, 6.07) is 10.1. The molecule has 0 bridgehead atoms. The number of fused-ring (bicyclic) bond motifs is 1. The molecule has 3 unspecified atom stereocenters. The maximum atomic E-state index is 3.79. The molecule has 0 amide bonds. The van der Waals surface area contributed by atoms with Crippen molar-refractivity contribution in [3.8, 4) is 0 Å². The minimum absolute atomic E-state index is 0.634. The Morgan fingerprint density at radius 1 is 1.05 bits per heavy atom. The zero-order valence-electron chi connectivity index (χ0n) is 13.9. The van der Waals surface area contributed by atoms with Crippen LogP contribution in [0.1, 0.15) is 63.5 Å². The first-order valence-electron chi connectivity index (χ1n) is 9.03. The quantitative estimate of drug-likeness (QED) is 0.794. The standard InChI is InChI=1S/C20H31N/c1-4-21-19(20-17-7-5-6-8-18(17)20)13-15-9-11-16(12-10-15)14(2)3/h9-12,14,17-21H,4-8,13H2,1-3H3. The lowest BCUT2D eigenvalue weighted by atomic mass is 9.96. The van der Waals surface area contributed by atoms with Crippen LogP contribution in [0.5, 0.6) is 0 Å². The second-order valence-electron chi connectivity index (χ2n) is 7.45. The van der Waals surface area contributed by atoms with Crippen molar-refractivity contribution in [2.24, 2.45) is 17.8 Å². The van der Waals surface area contributed by atoms with Gasteiger partial charge in [0.15, 0.2) is 0 Å². The second-order valence-corrected chi connectivity index (χ2v) is 7.45. The Kier molecular flexibility index (Phi) is 4.69. The lowest BCUT2D eigenvalue weighted by molar-refractivity contribution is 0.437. The highest BCUT2D eigenvalue weighted by atomic mass is 14.9. The van der Waals surface area contributed by atoms with Crippen LogP contribution in [0.2, 0.25) is 0 Å². The van der Waals surface area contributed by atoms with Gasteiger partial charge in [-0.2, -0.15) is 0 Å².